The molecule has 5 atom stereocenters. The lowest BCUT2D eigenvalue weighted by Gasteiger charge is -2.48. The fourth-order valence-corrected chi connectivity index (χ4v) is 4.97. The van der Waals surface area contributed by atoms with Gasteiger partial charge in [-0.05, 0) is 35.0 Å². The van der Waals surface area contributed by atoms with Crippen LogP contribution in [0.15, 0.2) is 0 Å². The van der Waals surface area contributed by atoms with E-state index in [1.807, 2.05) is 0 Å². The Balaban J connectivity index is 2.25. The van der Waals surface area contributed by atoms with E-state index in [1.165, 1.54) is 12.8 Å². The minimum Gasteiger partial charge on any atom is -0.0651 e. The largest absolute Gasteiger partial charge is 0.0651 e. The zero-order valence-electron chi connectivity index (χ0n) is 9.15. The summed E-state index contributed by atoms with van der Waals surface area (Å²) in [5.74, 6) is 3.01. The van der Waals surface area contributed by atoms with Crippen LogP contribution in [-0.4, -0.2) is 0 Å². The zero-order chi connectivity index (χ0) is 9.15. The average Bonchev–Trinajstić information content (AvgIpc) is 2.50. The summed E-state index contributed by atoms with van der Waals surface area (Å²) in [6.07, 6.45) is 2.81. The highest BCUT2D eigenvalue weighted by Gasteiger charge is 2.83. The molecule has 2 aliphatic rings. The van der Waals surface area contributed by atoms with Gasteiger partial charge in [-0.1, -0.05) is 41.0 Å². The van der Waals surface area contributed by atoms with Gasteiger partial charge in [0.05, 0.1) is 0 Å². The van der Waals surface area contributed by atoms with Crippen LogP contribution in [0.25, 0.3) is 0 Å². The molecule has 12 heavy (non-hydrogen) atoms. The van der Waals surface area contributed by atoms with Gasteiger partial charge >= 0.3 is 0 Å². The first-order valence-corrected chi connectivity index (χ1v) is 5.57. The van der Waals surface area contributed by atoms with E-state index >= 15 is 0 Å². The smallest absolute Gasteiger partial charge is 0.0179 e. The third kappa shape index (κ3) is 0.506. The van der Waals surface area contributed by atoms with Crippen LogP contribution >= 0.6 is 0 Å². The van der Waals surface area contributed by atoms with E-state index in [0.717, 1.165) is 28.6 Å². The normalized spacial score (nSPS) is 62.2. The van der Waals surface area contributed by atoms with Gasteiger partial charge in [0.2, 0.25) is 0 Å². The molecule has 0 heterocycles. The van der Waals surface area contributed by atoms with Crippen LogP contribution in [-0.2, 0) is 0 Å². The number of hydrogen-bond donors (Lipinski definition) is 0. The van der Waals surface area contributed by atoms with Crippen molar-refractivity contribution in [2.75, 3.05) is 0 Å². The number of rotatable bonds is 2. The topological polar surface area (TPSA) is 0 Å². The van der Waals surface area contributed by atoms with Crippen molar-refractivity contribution in [3.8, 4) is 0 Å². The summed E-state index contributed by atoms with van der Waals surface area (Å²) in [5.41, 5.74) is 1.49. The first-order valence-electron chi connectivity index (χ1n) is 5.57. The van der Waals surface area contributed by atoms with Gasteiger partial charge in [0, 0.05) is 0 Å². The first-order chi connectivity index (χ1) is 5.57. The van der Waals surface area contributed by atoms with Crippen molar-refractivity contribution in [1.29, 1.82) is 0 Å². The summed E-state index contributed by atoms with van der Waals surface area (Å²) >= 11 is 0. The summed E-state index contributed by atoms with van der Waals surface area (Å²) in [6.45, 7) is 12.2. The van der Waals surface area contributed by atoms with E-state index in [4.69, 9.17) is 0 Å². The molecule has 70 valence electrons. The second kappa shape index (κ2) is 2.08. The second-order valence-corrected chi connectivity index (χ2v) is 5.20. The standard InChI is InChI=1S/C12H22/c1-6-10-8(3)11(5)9(4)12(10,11)7-2/h8-10H,6-7H2,1-5H3. The van der Waals surface area contributed by atoms with E-state index in [0.29, 0.717) is 0 Å². The molecular weight excluding hydrogens is 144 g/mol. The quantitative estimate of drug-likeness (QED) is 0.586. The third-order valence-corrected chi connectivity index (χ3v) is 5.83. The molecule has 0 aromatic heterocycles. The molecule has 0 aromatic carbocycles. The molecular formula is C12H22. The maximum absolute atomic E-state index is 2.51. The van der Waals surface area contributed by atoms with Crippen LogP contribution in [0.1, 0.15) is 47.5 Å². The molecule has 2 aliphatic carbocycles. The maximum atomic E-state index is 2.51. The minimum absolute atomic E-state index is 0.725. The van der Waals surface area contributed by atoms with E-state index < -0.39 is 0 Å². The van der Waals surface area contributed by atoms with Crippen molar-refractivity contribution in [2.24, 2.45) is 28.6 Å². The fourth-order valence-electron chi connectivity index (χ4n) is 4.97. The molecule has 5 unspecified atom stereocenters. The average molecular weight is 166 g/mol. The Morgan fingerprint density at radius 1 is 1.17 bits per heavy atom. The van der Waals surface area contributed by atoms with Crippen molar-refractivity contribution in [2.45, 2.75) is 47.5 Å². The van der Waals surface area contributed by atoms with E-state index in [-0.39, 0.29) is 0 Å². The molecule has 2 saturated carbocycles. The summed E-state index contributed by atoms with van der Waals surface area (Å²) < 4.78 is 0. The van der Waals surface area contributed by atoms with Gasteiger partial charge in [0.15, 0.2) is 0 Å². The Labute approximate surface area is 76.7 Å². The number of fused-ring (bicyclic) bond motifs is 1. The predicted molar refractivity (Wildman–Crippen MR) is 52.9 cm³/mol. The van der Waals surface area contributed by atoms with E-state index in [9.17, 15) is 0 Å². The molecule has 0 bridgehead atoms. The van der Waals surface area contributed by atoms with E-state index in [1.54, 1.807) is 0 Å². The molecule has 2 fully saturated rings. The van der Waals surface area contributed by atoms with Gasteiger partial charge in [0.25, 0.3) is 0 Å². The highest BCUT2D eigenvalue weighted by Crippen LogP contribution is 2.88. The van der Waals surface area contributed by atoms with Crippen LogP contribution in [0.3, 0.4) is 0 Å². The van der Waals surface area contributed by atoms with Gasteiger partial charge in [-0.3, -0.25) is 0 Å². The first kappa shape index (κ1) is 8.59. The molecule has 0 saturated heterocycles. The molecule has 0 N–H and O–H groups in total. The van der Waals surface area contributed by atoms with Gasteiger partial charge in [-0.15, -0.1) is 0 Å². The highest BCUT2D eigenvalue weighted by atomic mass is 14.9. The second-order valence-electron chi connectivity index (χ2n) is 5.20. The minimum atomic E-state index is 0.725. The van der Waals surface area contributed by atoms with E-state index in [2.05, 4.69) is 34.6 Å². The molecule has 0 amide bonds. The highest BCUT2D eigenvalue weighted by molar-refractivity contribution is 5.30. The molecule has 2 rings (SSSR count). The van der Waals surface area contributed by atoms with Crippen molar-refractivity contribution < 1.29 is 0 Å². The van der Waals surface area contributed by atoms with Crippen LogP contribution in [0.4, 0.5) is 0 Å². The SMILES string of the molecule is CCC1C(C)C2(C)C(C)C12CC. The molecule has 0 spiro atoms. The predicted octanol–water partition coefficient (Wildman–Crippen LogP) is 3.71. The van der Waals surface area contributed by atoms with Crippen LogP contribution in [0.5, 0.6) is 0 Å². The fraction of sp³-hybridized carbons (Fsp3) is 1.00. The molecule has 0 radical (unpaired) electrons. The van der Waals surface area contributed by atoms with Crippen molar-refractivity contribution in [3.05, 3.63) is 0 Å². The summed E-state index contributed by atoms with van der Waals surface area (Å²) in [7, 11) is 0. The third-order valence-electron chi connectivity index (χ3n) is 5.83. The zero-order valence-corrected chi connectivity index (χ0v) is 9.15. The van der Waals surface area contributed by atoms with Gasteiger partial charge < -0.3 is 0 Å². The van der Waals surface area contributed by atoms with Crippen molar-refractivity contribution in [3.63, 3.8) is 0 Å². The van der Waals surface area contributed by atoms with Crippen molar-refractivity contribution in [1.82, 2.24) is 0 Å². The molecule has 0 heteroatoms. The monoisotopic (exact) mass is 166 g/mol. The summed E-state index contributed by atoms with van der Waals surface area (Å²) in [6, 6.07) is 0. The summed E-state index contributed by atoms with van der Waals surface area (Å²) in [5, 5.41) is 0. The van der Waals surface area contributed by atoms with Crippen LogP contribution < -0.4 is 0 Å². The summed E-state index contributed by atoms with van der Waals surface area (Å²) in [4.78, 5) is 0. The Hall–Kier alpha value is 0. The lowest BCUT2D eigenvalue weighted by molar-refractivity contribution is -0.00305. The Kier molecular flexibility index (Phi) is 1.49. The van der Waals surface area contributed by atoms with Crippen molar-refractivity contribution >= 4 is 0 Å². The maximum Gasteiger partial charge on any atom is -0.0179 e. The van der Waals surface area contributed by atoms with Gasteiger partial charge in [-0.25, -0.2) is 0 Å². The van der Waals surface area contributed by atoms with Crippen LogP contribution in [0.2, 0.25) is 0 Å². The lowest BCUT2D eigenvalue weighted by atomic mass is 9.56. The number of hydrogen-bond acceptors (Lipinski definition) is 0. The molecule has 0 nitrogen and oxygen atoms in total. The lowest BCUT2D eigenvalue weighted by Crippen LogP contribution is -2.42. The van der Waals surface area contributed by atoms with Crippen LogP contribution in [0, 0.1) is 28.6 Å². The molecule has 0 aliphatic heterocycles. The molecule has 0 aromatic rings. The Morgan fingerprint density at radius 2 is 1.75 bits per heavy atom. The van der Waals surface area contributed by atoms with Gasteiger partial charge in [0.1, 0.15) is 0 Å². The Morgan fingerprint density at radius 3 is 2.00 bits per heavy atom. The Bertz CT molecular complexity index is 202. The van der Waals surface area contributed by atoms with Gasteiger partial charge in [-0.2, -0.15) is 0 Å².